The van der Waals surface area contributed by atoms with E-state index < -0.39 is 7.82 Å². The van der Waals surface area contributed by atoms with Gasteiger partial charge >= 0.3 is 7.82 Å². The van der Waals surface area contributed by atoms with Gasteiger partial charge in [0.05, 0.1) is 0 Å². The quantitative estimate of drug-likeness (QED) is 0.760. The van der Waals surface area contributed by atoms with Crippen molar-refractivity contribution < 1.29 is 18.5 Å². The van der Waals surface area contributed by atoms with Crippen LogP contribution in [0, 0.1) is 0 Å². The Morgan fingerprint density at radius 2 is 1.67 bits per heavy atom. The number of phosphoric ester groups is 1. The molecule has 0 fully saturated rings. The van der Waals surface area contributed by atoms with Crippen LogP contribution in [-0.2, 0) is 11.0 Å². The molecule has 0 amide bonds. The molecule has 2 rings (SSSR count). The second-order valence-electron chi connectivity index (χ2n) is 4.68. The maximum absolute atomic E-state index is 12.1. The molecule has 4 nitrogen and oxygen atoms in total. The molecule has 112 valence electrons. The molecule has 0 aliphatic rings. The summed E-state index contributed by atoms with van der Waals surface area (Å²) in [7, 11) is -4.20. The fraction of sp³-hybridized carbons (Fsp3) is 0.250. The van der Waals surface area contributed by atoms with Crippen LogP contribution in [0.25, 0.3) is 0 Å². The van der Waals surface area contributed by atoms with Crippen molar-refractivity contribution in [2.45, 2.75) is 26.2 Å². The molecule has 0 aromatic heterocycles. The van der Waals surface area contributed by atoms with Crippen molar-refractivity contribution in [3.05, 3.63) is 60.2 Å². The minimum atomic E-state index is -4.20. The van der Waals surface area contributed by atoms with E-state index in [2.05, 4.69) is 6.92 Å². The van der Waals surface area contributed by atoms with E-state index in [0.29, 0.717) is 11.5 Å². The first-order valence-electron chi connectivity index (χ1n) is 6.95. The summed E-state index contributed by atoms with van der Waals surface area (Å²) >= 11 is 0. The summed E-state index contributed by atoms with van der Waals surface area (Å²) in [6.07, 6.45) is 2.85. The van der Waals surface area contributed by atoms with Crippen LogP contribution in [0.2, 0.25) is 0 Å². The Balaban J connectivity index is 2.11. The van der Waals surface area contributed by atoms with E-state index in [0.717, 1.165) is 24.8 Å². The molecule has 2 aromatic rings. The molecular weight excluding hydrogens is 287 g/mol. The lowest BCUT2D eigenvalue weighted by Gasteiger charge is -2.16. The van der Waals surface area contributed by atoms with Crippen molar-refractivity contribution in [2.75, 3.05) is 0 Å². The zero-order valence-corrected chi connectivity index (χ0v) is 12.8. The summed E-state index contributed by atoms with van der Waals surface area (Å²) in [6, 6.07) is 15.7. The van der Waals surface area contributed by atoms with Gasteiger partial charge in [-0.2, -0.15) is 0 Å². The Morgan fingerprint density at radius 3 is 2.38 bits per heavy atom. The topological polar surface area (TPSA) is 55.8 Å². The lowest BCUT2D eigenvalue weighted by Crippen LogP contribution is -2.01. The molecule has 0 spiro atoms. The predicted molar refractivity (Wildman–Crippen MR) is 82.6 cm³/mol. The van der Waals surface area contributed by atoms with Crippen molar-refractivity contribution in [2.24, 2.45) is 0 Å². The van der Waals surface area contributed by atoms with Crippen LogP contribution in [0.5, 0.6) is 11.5 Å². The zero-order valence-electron chi connectivity index (χ0n) is 11.9. The molecule has 1 N–H and O–H groups in total. The van der Waals surface area contributed by atoms with E-state index in [4.69, 9.17) is 9.05 Å². The van der Waals surface area contributed by atoms with Gasteiger partial charge in [0.2, 0.25) is 0 Å². The van der Waals surface area contributed by atoms with Crippen LogP contribution in [0.4, 0.5) is 0 Å². The molecule has 2 aromatic carbocycles. The van der Waals surface area contributed by atoms with Crippen LogP contribution in [0.15, 0.2) is 54.6 Å². The Labute approximate surface area is 125 Å². The van der Waals surface area contributed by atoms with Crippen LogP contribution < -0.4 is 9.05 Å². The molecule has 0 radical (unpaired) electrons. The average Bonchev–Trinajstić information content (AvgIpc) is 2.46. The van der Waals surface area contributed by atoms with Gasteiger partial charge in [0, 0.05) is 0 Å². The molecule has 0 aliphatic heterocycles. The lowest BCUT2D eigenvalue weighted by atomic mass is 10.1. The van der Waals surface area contributed by atoms with E-state index in [9.17, 15) is 9.46 Å². The van der Waals surface area contributed by atoms with Gasteiger partial charge in [-0.1, -0.05) is 49.7 Å². The number of hydrogen-bond acceptors (Lipinski definition) is 3. The van der Waals surface area contributed by atoms with Crippen LogP contribution >= 0.6 is 7.82 Å². The van der Waals surface area contributed by atoms with Gasteiger partial charge in [-0.15, -0.1) is 0 Å². The Hall–Kier alpha value is -1.77. The number of para-hydroxylation sites is 2. The molecule has 1 unspecified atom stereocenters. The SMILES string of the molecule is CCCCc1ccccc1OP(=O)(O)Oc1ccccc1. The lowest BCUT2D eigenvalue weighted by molar-refractivity contribution is 0.290. The standard InChI is InChI=1S/C16H19O4P/c1-2-3-9-14-10-7-8-13-16(14)20-21(17,18)19-15-11-5-4-6-12-15/h4-8,10-13H,2-3,9H2,1H3,(H,17,18). The monoisotopic (exact) mass is 306 g/mol. The maximum Gasteiger partial charge on any atom is 0.584 e. The summed E-state index contributed by atoms with van der Waals surface area (Å²) in [4.78, 5) is 9.88. The first-order chi connectivity index (χ1) is 10.1. The zero-order chi connectivity index (χ0) is 15.1. The van der Waals surface area contributed by atoms with Gasteiger partial charge in [0.1, 0.15) is 11.5 Å². The van der Waals surface area contributed by atoms with Gasteiger partial charge < -0.3 is 9.05 Å². The normalized spacial score (nSPS) is 13.4. The van der Waals surface area contributed by atoms with Gasteiger partial charge in [-0.3, -0.25) is 4.89 Å². The highest BCUT2D eigenvalue weighted by Crippen LogP contribution is 2.45. The summed E-state index contributed by atoms with van der Waals surface area (Å²) in [5, 5.41) is 0. The Bertz CT molecular complexity index is 613. The summed E-state index contributed by atoms with van der Waals surface area (Å²) < 4.78 is 22.4. The van der Waals surface area contributed by atoms with E-state index in [1.807, 2.05) is 12.1 Å². The summed E-state index contributed by atoms with van der Waals surface area (Å²) in [5.41, 5.74) is 0.908. The number of unbranched alkanes of at least 4 members (excludes halogenated alkanes) is 1. The number of hydrogen-bond donors (Lipinski definition) is 1. The van der Waals surface area contributed by atoms with Gasteiger partial charge in [-0.25, -0.2) is 4.57 Å². The molecule has 0 aliphatic carbocycles. The van der Waals surface area contributed by atoms with Crippen LogP contribution in [0.1, 0.15) is 25.3 Å². The van der Waals surface area contributed by atoms with E-state index in [-0.39, 0.29) is 0 Å². The van der Waals surface area contributed by atoms with Crippen molar-refractivity contribution in [3.63, 3.8) is 0 Å². The third-order valence-corrected chi connectivity index (χ3v) is 3.82. The highest BCUT2D eigenvalue weighted by Gasteiger charge is 2.26. The minimum Gasteiger partial charge on any atom is -0.395 e. The molecule has 21 heavy (non-hydrogen) atoms. The molecule has 5 heteroatoms. The molecular formula is C16H19O4P. The van der Waals surface area contributed by atoms with Crippen molar-refractivity contribution in [3.8, 4) is 11.5 Å². The highest BCUT2D eigenvalue weighted by molar-refractivity contribution is 7.48. The smallest absolute Gasteiger partial charge is 0.395 e. The number of aryl methyl sites for hydroxylation is 1. The fourth-order valence-corrected chi connectivity index (χ4v) is 2.78. The van der Waals surface area contributed by atoms with Crippen molar-refractivity contribution in [1.82, 2.24) is 0 Å². The number of rotatable bonds is 7. The third kappa shape index (κ3) is 4.92. The second-order valence-corrected chi connectivity index (χ2v) is 5.98. The number of phosphoric acid groups is 1. The van der Waals surface area contributed by atoms with Gasteiger partial charge in [0.15, 0.2) is 0 Å². The van der Waals surface area contributed by atoms with E-state index in [1.165, 1.54) is 0 Å². The third-order valence-electron chi connectivity index (χ3n) is 2.95. The van der Waals surface area contributed by atoms with Gasteiger partial charge in [0.25, 0.3) is 0 Å². The van der Waals surface area contributed by atoms with E-state index >= 15 is 0 Å². The Morgan fingerprint density at radius 1 is 1.00 bits per heavy atom. The molecule has 0 saturated carbocycles. The Kier molecular flexibility index (Phi) is 5.43. The molecule has 0 saturated heterocycles. The van der Waals surface area contributed by atoms with Crippen molar-refractivity contribution >= 4 is 7.82 Å². The average molecular weight is 306 g/mol. The van der Waals surface area contributed by atoms with Gasteiger partial charge in [-0.05, 0) is 36.6 Å². The first-order valence-corrected chi connectivity index (χ1v) is 8.45. The van der Waals surface area contributed by atoms with E-state index in [1.54, 1.807) is 42.5 Å². The number of benzene rings is 2. The van der Waals surface area contributed by atoms with Crippen LogP contribution in [0.3, 0.4) is 0 Å². The fourth-order valence-electron chi connectivity index (χ4n) is 1.92. The maximum atomic E-state index is 12.1. The largest absolute Gasteiger partial charge is 0.584 e. The molecule has 1 atom stereocenters. The first kappa shape index (κ1) is 15.6. The second kappa shape index (κ2) is 7.30. The highest BCUT2D eigenvalue weighted by atomic mass is 31.2. The molecule has 0 bridgehead atoms. The molecule has 0 heterocycles. The minimum absolute atomic E-state index is 0.300. The summed E-state index contributed by atoms with van der Waals surface area (Å²) in [5.74, 6) is 0.696. The van der Waals surface area contributed by atoms with Crippen molar-refractivity contribution in [1.29, 1.82) is 0 Å². The predicted octanol–water partition coefficient (Wildman–Crippen LogP) is 4.59. The summed E-state index contributed by atoms with van der Waals surface area (Å²) in [6.45, 7) is 2.10. The van der Waals surface area contributed by atoms with Crippen LogP contribution in [-0.4, -0.2) is 4.89 Å².